The Morgan fingerprint density at radius 1 is 1.12 bits per heavy atom. The van der Waals surface area contributed by atoms with Crippen molar-refractivity contribution in [2.75, 3.05) is 5.32 Å². The average Bonchev–Trinajstić information content (AvgIpc) is 2.60. The molecule has 8 heteroatoms. The van der Waals surface area contributed by atoms with Gasteiger partial charge in [0.05, 0.1) is 5.52 Å². The third-order valence-electron chi connectivity index (χ3n) is 3.64. The fourth-order valence-electron chi connectivity index (χ4n) is 2.44. The number of nitrogens with zero attached hydrogens (tertiary/aromatic N) is 1. The van der Waals surface area contributed by atoms with Crippen LogP contribution in [-0.4, -0.2) is 21.1 Å². The second kappa shape index (κ2) is 6.63. The molecule has 1 heterocycles. The lowest BCUT2D eigenvalue weighted by Crippen LogP contribution is -2.23. The number of fused-ring (bicyclic) bond motifs is 1. The van der Waals surface area contributed by atoms with Gasteiger partial charge in [0.15, 0.2) is 6.29 Å². The van der Waals surface area contributed by atoms with Gasteiger partial charge < -0.3 is 20.5 Å². The van der Waals surface area contributed by atoms with Gasteiger partial charge in [-0.3, -0.25) is 9.59 Å². The summed E-state index contributed by atoms with van der Waals surface area (Å²) in [5, 5.41) is 24.2. The Morgan fingerprint density at radius 3 is 2.60 bits per heavy atom. The van der Waals surface area contributed by atoms with Crippen LogP contribution in [0.5, 0.6) is 0 Å². The van der Waals surface area contributed by atoms with Crippen LogP contribution in [0.3, 0.4) is 0 Å². The minimum Gasteiger partial charge on any atom is -0.364 e. The van der Waals surface area contributed by atoms with Crippen LogP contribution in [0.1, 0.15) is 22.2 Å². The van der Waals surface area contributed by atoms with Crippen LogP contribution in [0, 0.1) is 4.91 Å². The van der Waals surface area contributed by atoms with Gasteiger partial charge in [0.25, 0.3) is 11.5 Å². The molecule has 126 valence electrons. The summed E-state index contributed by atoms with van der Waals surface area (Å²) >= 11 is 0. The SMILES string of the molecule is O=Nc1cccc2cc(C(=O)Nc3cccc(C(O)O)c3)c(=O)[nH]c12. The van der Waals surface area contributed by atoms with Crippen LogP contribution in [0.2, 0.25) is 0 Å². The van der Waals surface area contributed by atoms with Crippen LogP contribution in [0.15, 0.2) is 58.5 Å². The number of rotatable bonds is 4. The maximum absolute atomic E-state index is 12.4. The Kier molecular flexibility index (Phi) is 4.38. The molecule has 8 nitrogen and oxygen atoms in total. The molecule has 0 aliphatic heterocycles. The van der Waals surface area contributed by atoms with Crippen LogP contribution < -0.4 is 10.9 Å². The largest absolute Gasteiger partial charge is 0.364 e. The van der Waals surface area contributed by atoms with E-state index in [4.69, 9.17) is 10.2 Å². The van der Waals surface area contributed by atoms with Crippen molar-refractivity contribution in [1.29, 1.82) is 0 Å². The number of aromatic nitrogens is 1. The van der Waals surface area contributed by atoms with Crippen LogP contribution >= 0.6 is 0 Å². The predicted molar refractivity (Wildman–Crippen MR) is 91.6 cm³/mol. The minimum absolute atomic E-state index is 0.0752. The number of aliphatic hydroxyl groups excluding tert-OH is 1. The zero-order valence-corrected chi connectivity index (χ0v) is 12.8. The molecule has 4 N–H and O–H groups in total. The molecule has 25 heavy (non-hydrogen) atoms. The fraction of sp³-hybridized carbons (Fsp3) is 0.0588. The highest BCUT2D eigenvalue weighted by Crippen LogP contribution is 2.23. The molecule has 3 rings (SSSR count). The molecule has 0 fully saturated rings. The van der Waals surface area contributed by atoms with Gasteiger partial charge in [-0.2, -0.15) is 0 Å². The molecule has 0 aliphatic carbocycles. The number of amides is 1. The van der Waals surface area contributed by atoms with E-state index in [1.54, 1.807) is 18.2 Å². The maximum Gasteiger partial charge on any atom is 0.261 e. The highest BCUT2D eigenvalue weighted by Gasteiger charge is 2.14. The van der Waals surface area contributed by atoms with E-state index in [2.05, 4.69) is 15.5 Å². The molecular weight excluding hydrogens is 326 g/mol. The Morgan fingerprint density at radius 2 is 1.88 bits per heavy atom. The highest BCUT2D eigenvalue weighted by atomic mass is 16.5. The first-order valence-electron chi connectivity index (χ1n) is 7.26. The number of anilines is 1. The number of pyridine rings is 1. The first-order chi connectivity index (χ1) is 12.0. The monoisotopic (exact) mass is 339 g/mol. The number of H-pyrrole nitrogens is 1. The number of nitroso groups, excluding NO2 is 1. The topological polar surface area (TPSA) is 132 Å². The Balaban J connectivity index is 1.97. The van der Waals surface area contributed by atoms with Crippen molar-refractivity contribution in [2.24, 2.45) is 5.18 Å². The van der Waals surface area contributed by atoms with E-state index in [0.717, 1.165) is 0 Å². The lowest BCUT2D eigenvalue weighted by atomic mass is 10.1. The normalized spacial score (nSPS) is 10.8. The quantitative estimate of drug-likeness (QED) is 0.427. The molecule has 0 unspecified atom stereocenters. The third kappa shape index (κ3) is 3.30. The van der Waals surface area contributed by atoms with Gasteiger partial charge >= 0.3 is 0 Å². The van der Waals surface area contributed by atoms with Crippen molar-refractivity contribution in [3.05, 3.63) is 74.9 Å². The molecule has 1 aromatic heterocycles. The zero-order chi connectivity index (χ0) is 18.0. The predicted octanol–water partition coefficient (Wildman–Crippen LogP) is 2.16. The van der Waals surface area contributed by atoms with E-state index < -0.39 is 17.8 Å². The van der Waals surface area contributed by atoms with Crippen LogP contribution in [0.4, 0.5) is 11.4 Å². The summed E-state index contributed by atoms with van der Waals surface area (Å²) in [5.41, 5.74) is 0.0194. The molecule has 0 saturated carbocycles. The number of carbonyl (C=O) groups is 1. The van der Waals surface area contributed by atoms with Crippen molar-refractivity contribution in [3.63, 3.8) is 0 Å². The summed E-state index contributed by atoms with van der Waals surface area (Å²) in [6.07, 6.45) is -1.67. The first-order valence-corrected chi connectivity index (χ1v) is 7.26. The zero-order valence-electron chi connectivity index (χ0n) is 12.8. The van der Waals surface area contributed by atoms with E-state index in [9.17, 15) is 14.5 Å². The molecule has 1 amide bonds. The van der Waals surface area contributed by atoms with Crippen LogP contribution in [-0.2, 0) is 0 Å². The lowest BCUT2D eigenvalue weighted by Gasteiger charge is -2.09. The van der Waals surface area contributed by atoms with E-state index >= 15 is 0 Å². The second-order valence-corrected chi connectivity index (χ2v) is 5.30. The summed E-state index contributed by atoms with van der Waals surface area (Å²) < 4.78 is 0. The Hall–Kier alpha value is -3.36. The smallest absolute Gasteiger partial charge is 0.261 e. The number of para-hydroxylation sites is 1. The number of aromatic amines is 1. The Labute approximate surface area is 140 Å². The Bertz CT molecular complexity index is 1030. The van der Waals surface area contributed by atoms with Crippen LogP contribution in [0.25, 0.3) is 10.9 Å². The van der Waals surface area contributed by atoms with Crippen molar-refractivity contribution >= 4 is 28.2 Å². The van der Waals surface area contributed by atoms with Gasteiger partial charge in [-0.05, 0) is 29.4 Å². The molecule has 0 spiro atoms. The number of aliphatic hydroxyl groups is 2. The summed E-state index contributed by atoms with van der Waals surface area (Å²) in [6, 6.07) is 12.0. The van der Waals surface area contributed by atoms with Crippen molar-refractivity contribution in [1.82, 2.24) is 4.98 Å². The average molecular weight is 339 g/mol. The summed E-state index contributed by atoms with van der Waals surface area (Å²) in [6.45, 7) is 0. The van der Waals surface area contributed by atoms with Gasteiger partial charge in [0, 0.05) is 16.6 Å². The first kappa shape index (κ1) is 16.5. The molecular formula is C17H13N3O5. The van der Waals surface area contributed by atoms with E-state index in [-0.39, 0.29) is 22.3 Å². The number of carbonyl (C=O) groups excluding carboxylic acids is 1. The van der Waals surface area contributed by atoms with E-state index in [1.165, 1.54) is 30.3 Å². The molecule has 0 bridgehead atoms. The summed E-state index contributed by atoms with van der Waals surface area (Å²) in [7, 11) is 0. The van der Waals surface area contributed by atoms with E-state index in [0.29, 0.717) is 11.1 Å². The standard InChI is InChI=1S/C17H13N3O5/c21-15(18-11-5-1-4-10(7-11)17(23)24)12-8-9-3-2-6-13(20-25)14(9)19-16(12)22/h1-8,17,23-24H,(H,18,21)(H,19,22). The van der Waals surface area contributed by atoms with Crippen molar-refractivity contribution in [3.8, 4) is 0 Å². The van der Waals surface area contributed by atoms with Gasteiger partial charge in [-0.15, -0.1) is 4.91 Å². The number of hydrogen-bond acceptors (Lipinski definition) is 6. The third-order valence-corrected chi connectivity index (χ3v) is 3.64. The van der Waals surface area contributed by atoms with Gasteiger partial charge in [-0.25, -0.2) is 0 Å². The molecule has 0 atom stereocenters. The molecule has 0 radical (unpaired) electrons. The number of hydrogen-bond donors (Lipinski definition) is 4. The number of nitrogens with one attached hydrogen (secondary N) is 2. The van der Waals surface area contributed by atoms with Gasteiger partial charge in [0.2, 0.25) is 0 Å². The molecule has 0 aliphatic rings. The molecule has 3 aromatic rings. The van der Waals surface area contributed by atoms with E-state index in [1.807, 2.05) is 0 Å². The van der Waals surface area contributed by atoms with Crippen molar-refractivity contribution in [2.45, 2.75) is 6.29 Å². The second-order valence-electron chi connectivity index (χ2n) is 5.30. The highest BCUT2D eigenvalue weighted by molar-refractivity contribution is 6.06. The van der Waals surface area contributed by atoms with Gasteiger partial charge in [0.1, 0.15) is 11.3 Å². The molecule has 0 saturated heterocycles. The summed E-state index contributed by atoms with van der Waals surface area (Å²) in [5.74, 6) is -0.669. The lowest BCUT2D eigenvalue weighted by molar-refractivity contribution is -0.0424. The maximum atomic E-state index is 12.4. The minimum atomic E-state index is -1.67. The molecule has 2 aromatic carbocycles. The van der Waals surface area contributed by atoms with Crippen molar-refractivity contribution < 1.29 is 15.0 Å². The summed E-state index contributed by atoms with van der Waals surface area (Å²) in [4.78, 5) is 37.8. The fourth-order valence-corrected chi connectivity index (χ4v) is 2.44. The van der Waals surface area contributed by atoms with Gasteiger partial charge in [-0.1, -0.05) is 24.3 Å². The number of benzene rings is 2.